The average molecular weight is 371 g/mol. The number of likely N-dealkylation sites (N-methyl/N-ethyl adjacent to an activating group) is 1. The van der Waals surface area contributed by atoms with E-state index in [2.05, 4.69) is 10.3 Å². The second-order valence-corrected chi connectivity index (χ2v) is 7.73. The summed E-state index contributed by atoms with van der Waals surface area (Å²) in [4.78, 5) is 16.0. The highest BCUT2D eigenvalue weighted by Crippen LogP contribution is 2.22. The van der Waals surface area contributed by atoms with Gasteiger partial charge >= 0.3 is 0 Å². The summed E-state index contributed by atoms with van der Waals surface area (Å²) in [5, 5.41) is 13.7. The van der Waals surface area contributed by atoms with E-state index in [1.54, 1.807) is 12.1 Å². The molecule has 0 aliphatic carbocycles. The third-order valence-electron chi connectivity index (χ3n) is 3.84. The summed E-state index contributed by atoms with van der Waals surface area (Å²) >= 11 is 0. The van der Waals surface area contributed by atoms with Gasteiger partial charge in [0.25, 0.3) is 0 Å². The van der Waals surface area contributed by atoms with Crippen LogP contribution < -0.4 is 5.32 Å². The fourth-order valence-electron chi connectivity index (χ4n) is 2.46. The zero-order valence-electron chi connectivity index (χ0n) is 14.0. The number of benzene rings is 2. The normalized spacial score (nSPS) is 11.6. The molecule has 0 spiro atoms. The molecule has 3 rings (SSSR count). The molecule has 0 atom stereocenters. The number of rotatable bonds is 5. The van der Waals surface area contributed by atoms with E-state index < -0.39 is 22.5 Å². The van der Waals surface area contributed by atoms with Crippen molar-refractivity contribution in [2.75, 3.05) is 18.9 Å². The van der Waals surface area contributed by atoms with E-state index >= 15 is 0 Å². The Hall–Kier alpha value is -2.97. The van der Waals surface area contributed by atoms with Gasteiger partial charge in [-0.05, 0) is 35.0 Å². The van der Waals surface area contributed by atoms with Crippen molar-refractivity contribution < 1.29 is 18.3 Å². The molecule has 0 unspecified atom stereocenters. The molecule has 0 fully saturated rings. The van der Waals surface area contributed by atoms with Crippen LogP contribution in [0.15, 0.2) is 65.7 Å². The highest BCUT2D eigenvalue weighted by atomic mass is 32.2. The van der Waals surface area contributed by atoms with Gasteiger partial charge in [-0.3, -0.25) is 4.79 Å². The summed E-state index contributed by atoms with van der Waals surface area (Å²) in [5.74, 6) is -0.819. The Bertz CT molecular complexity index is 1070. The Morgan fingerprint density at radius 3 is 2.58 bits per heavy atom. The summed E-state index contributed by atoms with van der Waals surface area (Å²) in [6.45, 7) is -0.412. The van der Waals surface area contributed by atoms with Gasteiger partial charge < -0.3 is 10.4 Å². The Morgan fingerprint density at radius 2 is 1.85 bits per heavy atom. The zero-order valence-corrected chi connectivity index (χ0v) is 14.8. The molecule has 0 saturated heterocycles. The molecule has 134 valence electrons. The lowest BCUT2D eigenvalue weighted by Gasteiger charge is -2.17. The van der Waals surface area contributed by atoms with Crippen LogP contribution in [-0.2, 0) is 14.8 Å². The van der Waals surface area contributed by atoms with Crippen LogP contribution in [0.4, 0.5) is 5.82 Å². The molecular weight excluding hydrogens is 354 g/mol. The molecule has 1 heterocycles. The van der Waals surface area contributed by atoms with E-state index in [-0.39, 0.29) is 16.5 Å². The van der Waals surface area contributed by atoms with Gasteiger partial charge in [-0.25, -0.2) is 13.4 Å². The first kappa shape index (κ1) is 17.8. The standard InChI is InChI=1S/C18H17N3O4S/c1-21(12-17(23)20-18-16(22)7-4-10-19-18)26(24,25)15-9-8-13-5-2-3-6-14(13)11-15/h2-11,22H,12H2,1H3,(H,19,20,23). The number of carbonyl (C=O) groups excluding carboxylic acids is 1. The van der Waals surface area contributed by atoms with Crippen LogP contribution in [0.1, 0.15) is 0 Å². The third kappa shape index (κ3) is 3.66. The van der Waals surface area contributed by atoms with Gasteiger partial charge in [0.2, 0.25) is 15.9 Å². The SMILES string of the molecule is CN(CC(=O)Nc1ncccc1O)S(=O)(=O)c1ccc2ccccc2c1. The number of pyridine rings is 1. The molecule has 0 aliphatic rings. The molecule has 2 aromatic carbocycles. The Labute approximate surface area is 151 Å². The topological polar surface area (TPSA) is 99.6 Å². The van der Waals surface area contributed by atoms with E-state index in [1.807, 2.05) is 24.3 Å². The maximum Gasteiger partial charge on any atom is 0.243 e. The monoisotopic (exact) mass is 371 g/mol. The zero-order chi connectivity index (χ0) is 18.7. The lowest BCUT2D eigenvalue weighted by Crippen LogP contribution is -2.35. The maximum absolute atomic E-state index is 12.7. The van der Waals surface area contributed by atoms with Gasteiger partial charge in [-0.1, -0.05) is 30.3 Å². The van der Waals surface area contributed by atoms with Gasteiger partial charge in [-0.2, -0.15) is 4.31 Å². The number of sulfonamides is 1. The van der Waals surface area contributed by atoms with Crippen molar-refractivity contribution >= 4 is 32.5 Å². The molecule has 1 amide bonds. The molecule has 0 radical (unpaired) electrons. The number of fused-ring (bicyclic) bond motifs is 1. The number of hydrogen-bond donors (Lipinski definition) is 2. The molecular formula is C18H17N3O4S. The number of carbonyl (C=O) groups is 1. The second-order valence-electron chi connectivity index (χ2n) is 5.69. The van der Waals surface area contributed by atoms with Crippen molar-refractivity contribution in [1.29, 1.82) is 0 Å². The molecule has 8 heteroatoms. The summed E-state index contributed by atoms with van der Waals surface area (Å²) in [5.41, 5.74) is 0. The number of nitrogens with zero attached hydrogens (tertiary/aromatic N) is 2. The van der Waals surface area contributed by atoms with E-state index in [9.17, 15) is 18.3 Å². The predicted octanol–water partition coefficient (Wildman–Crippen LogP) is 2.20. The minimum Gasteiger partial charge on any atom is -0.504 e. The molecule has 0 bridgehead atoms. The van der Waals surface area contributed by atoms with Gasteiger partial charge in [0.1, 0.15) is 0 Å². The van der Waals surface area contributed by atoms with Crippen molar-refractivity contribution in [3.8, 4) is 5.75 Å². The summed E-state index contributed by atoms with van der Waals surface area (Å²) < 4.78 is 26.4. The van der Waals surface area contributed by atoms with Gasteiger partial charge in [0.15, 0.2) is 11.6 Å². The first-order valence-corrected chi connectivity index (χ1v) is 9.21. The first-order chi connectivity index (χ1) is 12.4. The lowest BCUT2D eigenvalue weighted by molar-refractivity contribution is -0.116. The molecule has 0 saturated carbocycles. The van der Waals surface area contributed by atoms with Crippen LogP contribution in [0, 0.1) is 0 Å². The van der Waals surface area contributed by atoms with Crippen LogP contribution in [0.2, 0.25) is 0 Å². The van der Waals surface area contributed by atoms with Crippen molar-refractivity contribution in [1.82, 2.24) is 9.29 Å². The molecule has 26 heavy (non-hydrogen) atoms. The minimum absolute atomic E-state index is 0.0194. The van der Waals surface area contributed by atoms with Crippen LogP contribution in [0.3, 0.4) is 0 Å². The fraction of sp³-hybridized carbons (Fsp3) is 0.111. The maximum atomic E-state index is 12.7. The number of aromatic nitrogens is 1. The van der Waals surface area contributed by atoms with E-state index in [1.165, 1.54) is 31.4 Å². The van der Waals surface area contributed by atoms with Gasteiger partial charge in [0, 0.05) is 13.2 Å². The Morgan fingerprint density at radius 1 is 1.12 bits per heavy atom. The Balaban J connectivity index is 1.77. The first-order valence-electron chi connectivity index (χ1n) is 7.77. The highest BCUT2D eigenvalue weighted by molar-refractivity contribution is 7.89. The predicted molar refractivity (Wildman–Crippen MR) is 98.3 cm³/mol. The second kappa shape index (κ2) is 7.11. The summed E-state index contributed by atoms with van der Waals surface area (Å²) in [6, 6.07) is 15.1. The smallest absolute Gasteiger partial charge is 0.243 e. The quantitative estimate of drug-likeness (QED) is 0.716. The van der Waals surface area contributed by atoms with Gasteiger partial charge in [0.05, 0.1) is 11.4 Å². The van der Waals surface area contributed by atoms with E-state index in [4.69, 9.17) is 0 Å². The average Bonchev–Trinajstić information content (AvgIpc) is 2.63. The summed E-state index contributed by atoms with van der Waals surface area (Å²) in [6.07, 6.45) is 1.41. The van der Waals surface area contributed by atoms with Crippen LogP contribution in [0.25, 0.3) is 10.8 Å². The number of hydrogen-bond acceptors (Lipinski definition) is 5. The number of amides is 1. The van der Waals surface area contributed by atoms with Gasteiger partial charge in [-0.15, -0.1) is 0 Å². The number of anilines is 1. The summed E-state index contributed by atoms with van der Waals surface area (Å²) in [7, 11) is -2.52. The number of nitrogens with one attached hydrogen (secondary N) is 1. The van der Waals surface area contributed by atoms with E-state index in [0.717, 1.165) is 15.1 Å². The van der Waals surface area contributed by atoms with Crippen LogP contribution in [-0.4, -0.2) is 42.3 Å². The highest BCUT2D eigenvalue weighted by Gasteiger charge is 2.23. The molecule has 3 aromatic rings. The third-order valence-corrected chi connectivity index (χ3v) is 5.64. The van der Waals surface area contributed by atoms with Crippen molar-refractivity contribution in [3.05, 3.63) is 60.8 Å². The fourth-order valence-corrected chi connectivity index (χ4v) is 3.62. The van der Waals surface area contributed by atoms with Crippen molar-refractivity contribution in [3.63, 3.8) is 0 Å². The largest absolute Gasteiger partial charge is 0.504 e. The number of aromatic hydroxyl groups is 1. The van der Waals surface area contributed by atoms with Crippen molar-refractivity contribution in [2.24, 2.45) is 0 Å². The Kier molecular flexibility index (Phi) is 4.88. The molecule has 1 aromatic heterocycles. The van der Waals surface area contributed by atoms with E-state index in [0.29, 0.717) is 0 Å². The van der Waals surface area contributed by atoms with Crippen LogP contribution in [0.5, 0.6) is 5.75 Å². The molecule has 2 N–H and O–H groups in total. The molecule has 0 aliphatic heterocycles. The minimum atomic E-state index is -3.84. The van der Waals surface area contributed by atoms with Crippen molar-refractivity contribution in [2.45, 2.75) is 4.90 Å². The van der Waals surface area contributed by atoms with Crippen LogP contribution >= 0.6 is 0 Å². The molecule has 7 nitrogen and oxygen atoms in total. The lowest BCUT2D eigenvalue weighted by atomic mass is 10.1.